The van der Waals surface area contributed by atoms with Crippen LogP contribution in [0.3, 0.4) is 0 Å². The molecule has 2 aromatic heterocycles. The van der Waals surface area contributed by atoms with E-state index >= 15 is 0 Å². The molecule has 0 aliphatic heterocycles. The molecule has 0 radical (unpaired) electrons. The Kier molecular flexibility index (Phi) is 7.46. The number of halogens is 1. The molecule has 36 heavy (non-hydrogen) atoms. The van der Waals surface area contributed by atoms with Crippen molar-refractivity contribution in [2.45, 2.75) is 37.5 Å². The largest absolute Gasteiger partial charge is 0.460 e. The third-order valence-corrected chi connectivity index (χ3v) is 7.02. The summed E-state index contributed by atoms with van der Waals surface area (Å²) >= 11 is 6.05. The van der Waals surface area contributed by atoms with Crippen molar-refractivity contribution >= 4 is 33.5 Å². The van der Waals surface area contributed by atoms with Gasteiger partial charge in [0.1, 0.15) is 17.7 Å². The number of carbonyl (C=O) groups is 1. The maximum absolute atomic E-state index is 13.2. The highest BCUT2D eigenvalue weighted by Gasteiger charge is 2.35. The highest BCUT2D eigenvalue weighted by Crippen LogP contribution is 2.33. The number of anilines is 1. The maximum Gasteiger partial charge on any atom is 0.333 e. The monoisotopic (exact) mass is 536 g/mol. The number of hydrogen-bond donors (Lipinski definition) is 5. The second kappa shape index (κ2) is 10.2. The van der Waals surface area contributed by atoms with Crippen molar-refractivity contribution in [2.75, 3.05) is 11.9 Å². The number of benzene rings is 1. The van der Waals surface area contributed by atoms with Crippen LogP contribution in [0.1, 0.15) is 47.0 Å². The zero-order valence-corrected chi connectivity index (χ0v) is 20.7. The number of furan rings is 1. The van der Waals surface area contributed by atoms with E-state index in [1.807, 2.05) is 4.72 Å². The molecule has 5 N–H and O–H groups in total. The summed E-state index contributed by atoms with van der Waals surface area (Å²) in [5.74, 6) is -0.775. The van der Waals surface area contributed by atoms with Gasteiger partial charge in [0, 0.05) is 35.3 Å². The Balaban J connectivity index is 1.50. The quantitative estimate of drug-likeness (QED) is 0.201. The SMILES string of the molecule is C[C@](O)(c1cccc(Cl)c1)c1coc(C(=O)c2cncnc2N[C@@H]2C[C@H](CNS(=O)(=O)O)[C@@H](O)C2)c1. The lowest BCUT2D eigenvalue weighted by Crippen LogP contribution is -2.32. The minimum absolute atomic E-state index is 0.0353. The van der Waals surface area contributed by atoms with Crippen LogP contribution < -0.4 is 10.0 Å². The van der Waals surface area contributed by atoms with Gasteiger partial charge in [-0.15, -0.1) is 0 Å². The van der Waals surface area contributed by atoms with Gasteiger partial charge in [0.25, 0.3) is 0 Å². The van der Waals surface area contributed by atoms with E-state index < -0.39 is 33.7 Å². The standard InChI is InChI=1S/C23H25ClN4O7S/c1-23(31,14-3-2-4-16(24)6-14)15-7-20(35-11-15)21(30)18-10-25-12-26-22(18)28-17-5-13(19(29)8-17)9-27-36(32,33)34/h2-4,6-7,10-13,17,19,27,29,31H,5,8-9H2,1H3,(H,25,26,28)(H,32,33,34)/t13-,17-,19+,23+/m1/s1. The third kappa shape index (κ3) is 5.91. The minimum Gasteiger partial charge on any atom is -0.460 e. The van der Waals surface area contributed by atoms with Crippen LogP contribution >= 0.6 is 11.6 Å². The van der Waals surface area contributed by atoms with Gasteiger partial charge in [-0.25, -0.2) is 9.97 Å². The van der Waals surface area contributed by atoms with Crippen molar-refractivity contribution < 1.29 is 32.4 Å². The molecule has 1 aliphatic rings. The number of aromatic nitrogens is 2. The summed E-state index contributed by atoms with van der Waals surface area (Å²) in [6.45, 7) is 1.44. The Morgan fingerprint density at radius 3 is 2.78 bits per heavy atom. The average molecular weight is 537 g/mol. The van der Waals surface area contributed by atoms with Gasteiger partial charge >= 0.3 is 10.3 Å². The van der Waals surface area contributed by atoms with Gasteiger partial charge < -0.3 is 19.9 Å². The number of aliphatic hydroxyl groups is 2. The Hall–Kier alpha value is -2.87. The first-order chi connectivity index (χ1) is 16.9. The smallest absolute Gasteiger partial charge is 0.333 e. The number of rotatable bonds is 9. The van der Waals surface area contributed by atoms with Crippen molar-refractivity contribution in [2.24, 2.45) is 5.92 Å². The predicted molar refractivity (Wildman–Crippen MR) is 130 cm³/mol. The molecule has 0 bridgehead atoms. The molecule has 0 amide bonds. The van der Waals surface area contributed by atoms with Crippen LogP contribution in [0.15, 0.2) is 53.5 Å². The number of ketones is 1. The fourth-order valence-electron chi connectivity index (χ4n) is 4.26. The van der Waals surface area contributed by atoms with Crippen LogP contribution in [0.4, 0.5) is 5.82 Å². The van der Waals surface area contributed by atoms with Crippen molar-refractivity contribution in [1.82, 2.24) is 14.7 Å². The molecule has 0 spiro atoms. The van der Waals surface area contributed by atoms with Gasteiger partial charge in [-0.2, -0.15) is 13.1 Å². The van der Waals surface area contributed by atoms with Crippen LogP contribution in [-0.2, 0) is 15.9 Å². The molecule has 3 aromatic rings. The summed E-state index contributed by atoms with van der Waals surface area (Å²) in [5.41, 5.74) is -0.466. The maximum atomic E-state index is 13.2. The lowest BCUT2D eigenvalue weighted by atomic mass is 9.90. The first-order valence-corrected chi connectivity index (χ1v) is 12.8. The van der Waals surface area contributed by atoms with E-state index in [0.29, 0.717) is 22.6 Å². The van der Waals surface area contributed by atoms with Gasteiger partial charge in [-0.1, -0.05) is 23.7 Å². The summed E-state index contributed by atoms with van der Waals surface area (Å²) < 4.78 is 38.2. The van der Waals surface area contributed by atoms with Crippen LogP contribution in [0, 0.1) is 5.92 Å². The summed E-state index contributed by atoms with van der Waals surface area (Å²) in [4.78, 5) is 21.3. The fraction of sp³-hybridized carbons (Fsp3) is 0.348. The van der Waals surface area contributed by atoms with E-state index in [1.165, 1.54) is 24.9 Å². The molecule has 0 unspecified atom stereocenters. The van der Waals surface area contributed by atoms with Crippen LogP contribution in [0.25, 0.3) is 0 Å². The summed E-state index contributed by atoms with van der Waals surface area (Å²) in [6.07, 6.45) is 3.72. The first kappa shape index (κ1) is 26.2. The molecule has 1 fully saturated rings. The fourth-order valence-corrected chi connectivity index (χ4v) is 4.87. The molecule has 1 saturated carbocycles. The van der Waals surface area contributed by atoms with Crippen molar-refractivity contribution in [3.05, 3.63) is 76.6 Å². The molecule has 0 saturated heterocycles. The number of aliphatic hydroxyl groups excluding tert-OH is 1. The lowest BCUT2D eigenvalue weighted by Gasteiger charge is -2.22. The van der Waals surface area contributed by atoms with Gasteiger partial charge in [0.15, 0.2) is 5.76 Å². The Bertz CT molecular complexity index is 1360. The molecular formula is C23H25ClN4O7S. The van der Waals surface area contributed by atoms with Crippen molar-refractivity contribution in [3.8, 4) is 0 Å². The molecule has 4 atom stereocenters. The second-order valence-corrected chi connectivity index (χ2v) is 10.5. The van der Waals surface area contributed by atoms with E-state index in [2.05, 4.69) is 15.3 Å². The van der Waals surface area contributed by atoms with E-state index in [-0.39, 0.29) is 36.1 Å². The molecule has 1 aromatic carbocycles. The highest BCUT2D eigenvalue weighted by molar-refractivity contribution is 7.83. The number of nitrogens with one attached hydrogen (secondary N) is 2. The summed E-state index contributed by atoms with van der Waals surface area (Å²) in [6, 6.07) is 7.86. The van der Waals surface area contributed by atoms with Gasteiger partial charge in [0.2, 0.25) is 5.78 Å². The zero-order chi connectivity index (χ0) is 26.1. The molecule has 13 heteroatoms. The number of carbonyl (C=O) groups excluding carboxylic acids is 1. The Morgan fingerprint density at radius 2 is 2.06 bits per heavy atom. The van der Waals surface area contributed by atoms with Crippen molar-refractivity contribution in [1.29, 1.82) is 0 Å². The van der Waals surface area contributed by atoms with Gasteiger partial charge in [0.05, 0.1) is 17.9 Å². The van der Waals surface area contributed by atoms with Crippen LogP contribution in [0.5, 0.6) is 0 Å². The van der Waals surface area contributed by atoms with E-state index in [4.69, 9.17) is 20.6 Å². The normalized spacial score (nSPS) is 21.8. The van der Waals surface area contributed by atoms with Gasteiger partial charge in [-0.3, -0.25) is 9.35 Å². The lowest BCUT2D eigenvalue weighted by molar-refractivity contribution is 0.100. The Labute approximate surface area is 212 Å². The molecule has 192 valence electrons. The minimum atomic E-state index is -4.37. The van der Waals surface area contributed by atoms with Crippen LogP contribution in [0.2, 0.25) is 5.02 Å². The average Bonchev–Trinajstić information content (AvgIpc) is 3.44. The highest BCUT2D eigenvalue weighted by atomic mass is 35.5. The van der Waals surface area contributed by atoms with Crippen molar-refractivity contribution in [3.63, 3.8) is 0 Å². The van der Waals surface area contributed by atoms with E-state index in [9.17, 15) is 23.4 Å². The summed E-state index contributed by atoms with van der Waals surface area (Å²) in [5, 5.41) is 24.9. The zero-order valence-electron chi connectivity index (χ0n) is 19.1. The third-order valence-electron chi connectivity index (χ3n) is 6.26. The second-order valence-electron chi connectivity index (χ2n) is 8.86. The summed E-state index contributed by atoms with van der Waals surface area (Å²) in [7, 11) is -4.37. The van der Waals surface area contributed by atoms with Crippen LogP contribution in [-0.4, -0.2) is 57.6 Å². The molecule has 2 heterocycles. The number of hydrogen-bond acceptors (Lipinski definition) is 9. The molecule has 11 nitrogen and oxygen atoms in total. The first-order valence-electron chi connectivity index (χ1n) is 11.0. The molecule has 4 rings (SSSR count). The number of nitrogens with zero attached hydrogens (tertiary/aromatic N) is 2. The van der Waals surface area contributed by atoms with E-state index in [0.717, 1.165) is 0 Å². The Morgan fingerprint density at radius 1 is 1.28 bits per heavy atom. The molecular weight excluding hydrogens is 512 g/mol. The molecule has 1 aliphatic carbocycles. The van der Waals surface area contributed by atoms with Gasteiger partial charge in [-0.05, 0) is 43.5 Å². The predicted octanol–water partition coefficient (Wildman–Crippen LogP) is 2.15. The van der Waals surface area contributed by atoms with E-state index in [1.54, 1.807) is 31.2 Å². The topological polar surface area (TPSA) is 175 Å².